The van der Waals surface area contributed by atoms with Crippen molar-refractivity contribution in [2.75, 3.05) is 13.6 Å². The Morgan fingerprint density at radius 1 is 1.38 bits per heavy atom. The predicted molar refractivity (Wildman–Crippen MR) is 86.7 cm³/mol. The van der Waals surface area contributed by atoms with Crippen molar-refractivity contribution >= 4 is 50.5 Å². The van der Waals surface area contributed by atoms with E-state index in [2.05, 4.69) is 20.9 Å². The number of rotatable bonds is 6. The molecule has 0 bridgehead atoms. The molecule has 0 spiro atoms. The maximum absolute atomic E-state index is 12.0. The number of carboxylic acids is 1. The van der Waals surface area contributed by atoms with E-state index in [0.717, 1.165) is 14.4 Å². The summed E-state index contributed by atoms with van der Waals surface area (Å²) in [5.74, 6) is -1.03. The molecule has 0 radical (unpaired) electrons. The Bertz CT molecular complexity index is 653. The van der Waals surface area contributed by atoms with E-state index in [1.54, 1.807) is 18.4 Å². The number of hydrogen-bond acceptors (Lipinski definition) is 5. The number of thiophene rings is 1. The van der Waals surface area contributed by atoms with Crippen molar-refractivity contribution in [2.24, 2.45) is 0 Å². The summed E-state index contributed by atoms with van der Waals surface area (Å²) in [5.41, 5.74) is 0.715. The lowest BCUT2D eigenvalue weighted by Gasteiger charge is -2.14. The molecule has 2 heterocycles. The summed E-state index contributed by atoms with van der Waals surface area (Å²) < 4.78 is 1.02. The fourth-order valence-electron chi connectivity index (χ4n) is 1.60. The number of aliphatic carboxylic acids is 1. The number of amides is 1. The molecule has 1 N–H and O–H groups in total. The van der Waals surface area contributed by atoms with Gasteiger partial charge in [0, 0.05) is 28.8 Å². The molecule has 2 aromatic rings. The summed E-state index contributed by atoms with van der Waals surface area (Å²) in [6, 6.07) is 1.99. The summed E-state index contributed by atoms with van der Waals surface area (Å²) in [6.45, 7) is 0.211. The van der Waals surface area contributed by atoms with Gasteiger partial charge in [-0.1, -0.05) is 0 Å². The molecule has 1 amide bonds. The second-order valence-corrected chi connectivity index (χ2v) is 7.09. The molecule has 0 aromatic carbocycles. The second kappa shape index (κ2) is 7.15. The van der Waals surface area contributed by atoms with Crippen molar-refractivity contribution in [1.82, 2.24) is 9.88 Å². The van der Waals surface area contributed by atoms with Crippen LogP contribution in [0.5, 0.6) is 0 Å². The van der Waals surface area contributed by atoms with Crippen molar-refractivity contribution in [2.45, 2.75) is 12.8 Å². The molecule has 112 valence electrons. The summed E-state index contributed by atoms with van der Waals surface area (Å²) in [4.78, 5) is 29.4. The molecule has 8 heteroatoms. The van der Waals surface area contributed by atoms with E-state index < -0.39 is 5.97 Å². The van der Waals surface area contributed by atoms with Crippen LogP contribution in [0.1, 0.15) is 12.1 Å². The Hall–Kier alpha value is -1.25. The van der Waals surface area contributed by atoms with Gasteiger partial charge < -0.3 is 10.0 Å². The van der Waals surface area contributed by atoms with Gasteiger partial charge in [-0.3, -0.25) is 9.59 Å². The van der Waals surface area contributed by atoms with Gasteiger partial charge >= 0.3 is 5.97 Å². The number of carboxylic acid groups (broad SMARTS) is 1. The van der Waals surface area contributed by atoms with Crippen LogP contribution in [0.2, 0.25) is 0 Å². The largest absolute Gasteiger partial charge is 0.481 e. The fraction of sp³-hybridized carbons (Fsp3) is 0.308. The number of halogens is 1. The molecule has 5 nitrogen and oxygen atoms in total. The zero-order chi connectivity index (χ0) is 15.4. The van der Waals surface area contributed by atoms with Gasteiger partial charge in [-0.05, 0) is 22.0 Å². The third-order valence-corrected chi connectivity index (χ3v) is 5.50. The highest BCUT2D eigenvalue weighted by atomic mass is 79.9. The van der Waals surface area contributed by atoms with Gasteiger partial charge in [0.15, 0.2) is 0 Å². The molecule has 0 aliphatic heterocycles. The molecule has 0 fully saturated rings. The van der Waals surface area contributed by atoms with Gasteiger partial charge in [-0.2, -0.15) is 0 Å². The van der Waals surface area contributed by atoms with Gasteiger partial charge in [0.05, 0.1) is 23.4 Å². The smallest absolute Gasteiger partial charge is 0.305 e. The lowest BCUT2D eigenvalue weighted by molar-refractivity contribution is -0.138. The number of carbonyl (C=O) groups is 2. The predicted octanol–water partition coefficient (Wildman–Crippen LogP) is 3.11. The second-order valence-electron chi connectivity index (χ2n) is 4.41. The van der Waals surface area contributed by atoms with Crippen molar-refractivity contribution < 1.29 is 14.7 Å². The van der Waals surface area contributed by atoms with Crippen LogP contribution in [-0.2, 0) is 16.0 Å². The van der Waals surface area contributed by atoms with Crippen LogP contribution < -0.4 is 0 Å². The van der Waals surface area contributed by atoms with E-state index in [1.807, 2.05) is 16.8 Å². The van der Waals surface area contributed by atoms with E-state index in [4.69, 9.17) is 5.11 Å². The first-order valence-electron chi connectivity index (χ1n) is 6.10. The van der Waals surface area contributed by atoms with Gasteiger partial charge in [0.25, 0.3) is 0 Å². The van der Waals surface area contributed by atoms with Crippen LogP contribution in [0, 0.1) is 0 Å². The molecule has 0 atom stereocenters. The quantitative estimate of drug-likeness (QED) is 0.824. The molecule has 2 rings (SSSR count). The van der Waals surface area contributed by atoms with Crippen molar-refractivity contribution in [1.29, 1.82) is 0 Å². The number of likely N-dealkylation sites (N-methyl/N-ethyl adjacent to an activating group) is 1. The normalized spacial score (nSPS) is 10.6. The lowest BCUT2D eigenvalue weighted by Crippen LogP contribution is -2.30. The zero-order valence-corrected chi connectivity index (χ0v) is 14.4. The first kappa shape index (κ1) is 16.1. The summed E-state index contributed by atoms with van der Waals surface area (Å²) in [6.07, 6.45) is 0.146. The van der Waals surface area contributed by atoms with Crippen molar-refractivity contribution in [3.8, 4) is 9.88 Å². The van der Waals surface area contributed by atoms with Crippen LogP contribution in [0.15, 0.2) is 21.3 Å². The van der Waals surface area contributed by atoms with E-state index in [1.165, 1.54) is 16.2 Å². The van der Waals surface area contributed by atoms with Crippen molar-refractivity contribution in [3.05, 3.63) is 27.0 Å². The molecular weight excluding hydrogens is 376 g/mol. The Labute approximate surface area is 138 Å². The molecule has 0 aliphatic carbocycles. The van der Waals surface area contributed by atoms with Crippen LogP contribution >= 0.6 is 38.6 Å². The first-order valence-corrected chi connectivity index (χ1v) is 8.65. The van der Waals surface area contributed by atoms with E-state index >= 15 is 0 Å². The van der Waals surface area contributed by atoms with E-state index in [-0.39, 0.29) is 25.3 Å². The van der Waals surface area contributed by atoms with E-state index in [9.17, 15) is 9.59 Å². The Morgan fingerprint density at radius 2 is 2.14 bits per heavy atom. The van der Waals surface area contributed by atoms with Gasteiger partial charge in [0.2, 0.25) is 5.91 Å². The Balaban J connectivity index is 1.96. The number of nitrogens with zero attached hydrogens (tertiary/aromatic N) is 2. The molecule has 0 saturated carbocycles. The van der Waals surface area contributed by atoms with Crippen LogP contribution in [0.3, 0.4) is 0 Å². The SMILES string of the molecule is CN(CCC(=O)O)C(=O)Cc1csc(-c2cc(Br)cs2)n1. The van der Waals surface area contributed by atoms with Gasteiger partial charge in [-0.25, -0.2) is 4.98 Å². The highest BCUT2D eigenvalue weighted by Crippen LogP contribution is 2.32. The Kier molecular flexibility index (Phi) is 5.49. The summed E-state index contributed by atoms with van der Waals surface area (Å²) in [7, 11) is 1.61. The third-order valence-electron chi connectivity index (χ3n) is 2.75. The molecular formula is C13H13BrN2O3S2. The minimum atomic E-state index is -0.908. The average Bonchev–Trinajstić information content (AvgIpc) is 3.04. The first-order chi connectivity index (χ1) is 9.95. The number of hydrogen-bond donors (Lipinski definition) is 1. The van der Waals surface area contributed by atoms with Gasteiger partial charge in [0.1, 0.15) is 5.01 Å². The molecule has 21 heavy (non-hydrogen) atoms. The van der Waals surface area contributed by atoms with E-state index in [0.29, 0.717) is 5.69 Å². The average molecular weight is 389 g/mol. The molecule has 0 aliphatic rings. The topological polar surface area (TPSA) is 70.5 Å². The number of aromatic nitrogens is 1. The molecule has 0 unspecified atom stereocenters. The monoisotopic (exact) mass is 388 g/mol. The zero-order valence-electron chi connectivity index (χ0n) is 11.2. The third kappa shape index (κ3) is 4.62. The van der Waals surface area contributed by atoms with Crippen molar-refractivity contribution in [3.63, 3.8) is 0 Å². The van der Waals surface area contributed by atoms with Crippen LogP contribution in [-0.4, -0.2) is 40.5 Å². The Morgan fingerprint density at radius 3 is 2.76 bits per heavy atom. The number of thiazole rings is 1. The highest BCUT2D eigenvalue weighted by Gasteiger charge is 2.14. The number of carbonyl (C=O) groups excluding carboxylic acids is 1. The molecule has 0 saturated heterocycles. The lowest BCUT2D eigenvalue weighted by atomic mass is 10.3. The van der Waals surface area contributed by atoms with Crippen LogP contribution in [0.25, 0.3) is 9.88 Å². The molecule has 2 aromatic heterocycles. The maximum Gasteiger partial charge on any atom is 0.305 e. The van der Waals surface area contributed by atoms with Crippen LogP contribution in [0.4, 0.5) is 0 Å². The highest BCUT2D eigenvalue weighted by molar-refractivity contribution is 9.10. The minimum absolute atomic E-state index is 0.0478. The minimum Gasteiger partial charge on any atom is -0.481 e. The fourth-order valence-corrected chi connectivity index (χ4v) is 3.93. The van der Waals surface area contributed by atoms with Gasteiger partial charge in [-0.15, -0.1) is 22.7 Å². The standard InChI is InChI=1S/C13H13BrN2O3S2/c1-16(3-2-12(18)19)11(17)5-9-7-21-13(15-9)10-4-8(14)6-20-10/h4,6-7H,2-3,5H2,1H3,(H,18,19). The maximum atomic E-state index is 12.0. The summed E-state index contributed by atoms with van der Waals surface area (Å²) >= 11 is 6.50. The summed E-state index contributed by atoms with van der Waals surface area (Å²) in [5, 5.41) is 13.4.